The molecule has 6 heteroatoms. The highest BCUT2D eigenvalue weighted by Gasteiger charge is 2.32. The Labute approximate surface area is 140 Å². The van der Waals surface area contributed by atoms with Crippen molar-refractivity contribution in [2.24, 2.45) is 5.41 Å². The third kappa shape index (κ3) is 6.41. The fraction of sp³-hybridized carbons (Fsp3) is 0.938. The number of methoxy groups -OCH3 is 1. The Kier molecular flexibility index (Phi) is 9.33. The first-order valence-corrected chi connectivity index (χ1v) is 8.32. The number of nitrogens with one attached hydrogen (secondary N) is 2. The lowest BCUT2D eigenvalue weighted by atomic mass is 9.79. The molecule has 22 heavy (non-hydrogen) atoms. The molecule has 5 nitrogen and oxygen atoms in total. The van der Waals surface area contributed by atoms with Crippen LogP contribution >= 0.6 is 12.4 Å². The quantitative estimate of drug-likeness (QED) is 0.746. The van der Waals surface area contributed by atoms with Gasteiger partial charge in [0.25, 0.3) is 0 Å². The van der Waals surface area contributed by atoms with E-state index in [1.54, 1.807) is 7.11 Å². The van der Waals surface area contributed by atoms with Crippen LogP contribution in [-0.4, -0.2) is 52.0 Å². The van der Waals surface area contributed by atoms with Crippen molar-refractivity contribution in [3.8, 4) is 0 Å². The van der Waals surface area contributed by atoms with Crippen molar-refractivity contribution in [3.05, 3.63) is 0 Å². The second-order valence-corrected chi connectivity index (χ2v) is 6.49. The zero-order chi connectivity index (χ0) is 15.0. The molecule has 2 heterocycles. The molecule has 0 aromatic heterocycles. The zero-order valence-corrected chi connectivity index (χ0v) is 14.5. The van der Waals surface area contributed by atoms with Gasteiger partial charge in [-0.1, -0.05) is 0 Å². The van der Waals surface area contributed by atoms with Crippen molar-refractivity contribution >= 4 is 18.3 Å². The minimum absolute atomic E-state index is 0. The van der Waals surface area contributed by atoms with Crippen LogP contribution in [0.4, 0.5) is 0 Å². The first-order valence-electron chi connectivity index (χ1n) is 8.32. The van der Waals surface area contributed by atoms with Crippen molar-refractivity contribution in [3.63, 3.8) is 0 Å². The summed E-state index contributed by atoms with van der Waals surface area (Å²) in [5, 5.41) is 6.48. The second kappa shape index (κ2) is 10.4. The van der Waals surface area contributed by atoms with Crippen LogP contribution in [0, 0.1) is 5.41 Å². The average Bonchev–Trinajstić information content (AvgIpc) is 2.53. The highest BCUT2D eigenvalue weighted by molar-refractivity contribution is 5.85. The molecule has 0 spiro atoms. The molecule has 2 rings (SSSR count). The molecule has 2 aliphatic heterocycles. The monoisotopic (exact) mass is 334 g/mol. The summed E-state index contributed by atoms with van der Waals surface area (Å²) >= 11 is 0. The van der Waals surface area contributed by atoms with E-state index in [1.807, 2.05) is 0 Å². The predicted molar refractivity (Wildman–Crippen MR) is 89.5 cm³/mol. The van der Waals surface area contributed by atoms with Gasteiger partial charge in [0, 0.05) is 32.1 Å². The lowest BCUT2D eigenvalue weighted by Gasteiger charge is -2.37. The largest absolute Gasteiger partial charge is 0.384 e. The number of hydrogen-bond acceptors (Lipinski definition) is 4. The second-order valence-electron chi connectivity index (χ2n) is 6.49. The number of halogens is 1. The van der Waals surface area contributed by atoms with Gasteiger partial charge in [-0.2, -0.15) is 0 Å². The maximum Gasteiger partial charge on any atom is 0.220 e. The number of hydrogen-bond donors (Lipinski definition) is 2. The molecule has 1 unspecified atom stereocenters. The third-order valence-electron chi connectivity index (χ3n) is 4.74. The first-order chi connectivity index (χ1) is 10.2. The molecule has 0 aliphatic carbocycles. The van der Waals surface area contributed by atoms with Crippen LogP contribution in [0.5, 0.6) is 0 Å². The topological polar surface area (TPSA) is 59.6 Å². The molecule has 0 aromatic rings. The molecule has 0 bridgehead atoms. The van der Waals surface area contributed by atoms with Crippen molar-refractivity contribution in [1.29, 1.82) is 0 Å². The van der Waals surface area contributed by atoms with Gasteiger partial charge >= 0.3 is 0 Å². The van der Waals surface area contributed by atoms with Crippen LogP contribution in [0.3, 0.4) is 0 Å². The number of rotatable bonds is 7. The Bertz CT molecular complexity index is 311. The Morgan fingerprint density at radius 1 is 1.36 bits per heavy atom. The van der Waals surface area contributed by atoms with E-state index in [9.17, 15) is 4.79 Å². The van der Waals surface area contributed by atoms with Gasteiger partial charge in [0.05, 0.1) is 12.7 Å². The summed E-state index contributed by atoms with van der Waals surface area (Å²) in [5.74, 6) is 0.151. The summed E-state index contributed by atoms with van der Waals surface area (Å²) < 4.78 is 11.0. The van der Waals surface area contributed by atoms with Gasteiger partial charge in [-0.25, -0.2) is 0 Å². The van der Waals surface area contributed by atoms with Crippen LogP contribution in [-0.2, 0) is 14.3 Å². The number of ether oxygens (including phenoxy) is 2. The van der Waals surface area contributed by atoms with E-state index in [-0.39, 0.29) is 29.8 Å². The number of carbonyl (C=O) groups is 1. The van der Waals surface area contributed by atoms with E-state index in [0.717, 1.165) is 65.0 Å². The number of amides is 1. The standard InChI is InChI=1S/C16H30N2O3.ClH/c1-20-13-16(7-9-17-10-8-16)12-18-15(19)6-5-14-4-2-3-11-21-14;/h14,17H,2-13H2,1H3,(H,18,19);1H. The molecule has 0 aromatic carbocycles. The molecule has 130 valence electrons. The Morgan fingerprint density at radius 2 is 2.14 bits per heavy atom. The van der Waals surface area contributed by atoms with Crippen molar-refractivity contribution in [2.75, 3.05) is 40.0 Å². The van der Waals surface area contributed by atoms with E-state index in [2.05, 4.69) is 10.6 Å². The molecular formula is C16H31ClN2O3. The van der Waals surface area contributed by atoms with Gasteiger partial charge < -0.3 is 20.1 Å². The highest BCUT2D eigenvalue weighted by Crippen LogP contribution is 2.28. The van der Waals surface area contributed by atoms with Crippen LogP contribution in [0.2, 0.25) is 0 Å². The van der Waals surface area contributed by atoms with E-state index in [4.69, 9.17) is 9.47 Å². The van der Waals surface area contributed by atoms with E-state index >= 15 is 0 Å². The van der Waals surface area contributed by atoms with Gasteiger partial charge in [0.1, 0.15) is 0 Å². The summed E-state index contributed by atoms with van der Waals surface area (Å²) in [6.07, 6.45) is 7.34. The lowest BCUT2D eigenvalue weighted by Crippen LogP contribution is -2.47. The molecule has 0 saturated carbocycles. The maximum absolute atomic E-state index is 12.1. The molecule has 2 aliphatic rings. The fourth-order valence-electron chi connectivity index (χ4n) is 3.34. The maximum atomic E-state index is 12.1. The van der Waals surface area contributed by atoms with Gasteiger partial charge in [-0.15, -0.1) is 12.4 Å². The summed E-state index contributed by atoms with van der Waals surface area (Å²) in [4.78, 5) is 12.1. The number of piperidine rings is 1. The summed E-state index contributed by atoms with van der Waals surface area (Å²) in [7, 11) is 1.74. The van der Waals surface area contributed by atoms with Crippen molar-refractivity contribution in [1.82, 2.24) is 10.6 Å². The van der Waals surface area contributed by atoms with Crippen LogP contribution in [0.25, 0.3) is 0 Å². The van der Waals surface area contributed by atoms with Gasteiger partial charge in [0.2, 0.25) is 5.91 Å². The van der Waals surface area contributed by atoms with Crippen LogP contribution in [0.1, 0.15) is 44.9 Å². The SMILES string of the molecule is COCC1(CNC(=O)CCC2CCCCO2)CCNCC1.Cl. The van der Waals surface area contributed by atoms with Crippen molar-refractivity contribution in [2.45, 2.75) is 51.0 Å². The number of carbonyl (C=O) groups excluding carboxylic acids is 1. The summed E-state index contributed by atoms with van der Waals surface area (Å²) in [5.41, 5.74) is 0.108. The average molecular weight is 335 g/mol. The predicted octanol–water partition coefficient (Wildman–Crippen LogP) is 1.89. The smallest absolute Gasteiger partial charge is 0.220 e. The minimum Gasteiger partial charge on any atom is -0.384 e. The minimum atomic E-state index is 0. The molecule has 2 saturated heterocycles. The van der Waals surface area contributed by atoms with Gasteiger partial charge in [-0.05, 0) is 51.6 Å². The van der Waals surface area contributed by atoms with Crippen LogP contribution < -0.4 is 10.6 Å². The van der Waals surface area contributed by atoms with Gasteiger partial charge in [0.15, 0.2) is 0 Å². The van der Waals surface area contributed by atoms with Crippen molar-refractivity contribution < 1.29 is 14.3 Å². The van der Waals surface area contributed by atoms with E-state index < -0.39 is 0 Å². The molecule has 2 N–H and O–H groups in total. The molecule has 1 amide bonds. The molecule has 2 fully saturated rings. The molecule has 0 radical (unpaired) electrons. The normalized spacial score (nSPS) is 24.3. The lowest BCUT2D eigenvalue weighted by molar-refractivity contribution is -0.123. The van der Waals surface area contributed by atoms with Crippen LogP contribution in [0.15, 0.2) is 0 Å². The molecule has 1 atom stereocenters. The fourth-order valence-corrected chi connectivity index (χ4v) is 3.34. The first kappa shape index (κ1) is 19.7. The third-order valence-corrected chi connectivity index (χ3v) is 4.74. The van der Waals surface area contributed by atoms with Gasteiger partial charge in [-0.3, -0.25) is 4.79 Å². The Morgan fingerprint density at radius 3 is 2.77 bits per heavy atom. The Hall–Kier alpha value is -0.360. The van der Waals surface area contributed by atoms with E-state index in [0.29, 0.717) is 6.42 Å². The Balaban J connectivity index is 0.00000242. The summed E-state index contributed by atoms with van der Waals surface area (Å²) in [6, 6.07) is 0. The van der Waals surface area contributed by atoms with E-state index in [1.165, 1.54) is 6.42 Å². The molecular weight excluding hydrogens is 304 g/mol. The zero-order valence-electron chi connectivity index (χ0n) is 13.7. The summed E-state index contributed by atoms with van der Waals surface area (Å²) in [6.45, 7) is 4.33. The highest BCUT2D eigenvalue weighted by atomic mass is 35.5.